The van der Waals surface area contributed by atoms with Crippen molar-refractivity contribution in [2.75, 3.05) is 19.6 Å². The summed E-state index contributed by atoms with van der Waals surface area (Å²) in [6.07, 6.45) is 7.39. The lowest BCUT2D eigenvalue weighted by atomic mass is 10.0. The second-order valence-electron chi connectivity index (χ2n) is 8.33. The lowest BCUT2D eigenvalue weighted by molar-refractivity contribution is 0.318. The van der Waals surface area contributed by atoms with Gasteiger partial charge < -0.3 is 4.90 Å². The number of pyridine rings is 1. The minimum atomic E-state index is -0.0298. The SMILES string of the molecule is CCc1ccc(-c2ccn(-c3ccc4c(cnn4CCN4CCCC4)c3)c(=O)c2)cc1. The van der Waals surface area contributed by atoms with Crippen LogP contribution < -0.4 is 5.56 Å². The summed E-state index contributed by atoms with van der Waals surface area (Å²) in [5.41, 5.74) is 5.26. The van der Waals surface area contributed by atoms with E-state index >= 15 is 0 Å². The second-order valence-corrected chi connectivity index (χ2v) is 8.33. The normalized spacial score (nSPS) is 14.5. The zero-order valence-corrected chi connectivity index (χ0v) is 18.0. The van der Waals surface area contributed by atoms with Crippen molar-refractivity contribution >= 4 is 10.9 Å². The maximum Gasteiger partial charge on any atom is 0.255 e. The highest BCUT2D eigenvalue weighted by atomic mass is 16.1. The molecule has 1 fully saturated rings. The summed E-state index contributed by atoms with van der Waals surface area (Å²) >= 11 is 0. The van der Waals surface area contributed by atoms with Crippen LogP contribution in [0.15, 0.2) is 71.8 Å². The Morgan fingerprint density at radius 2 is 1.71 bits per heavy atom. The first kappa shape index (κ1) is 19.8. The van der Waals surface area contributed by atoms with E-state index in [0.717, 1.165) is 47.2 Å². The monoisotopic (exact) mass is 412 g/mol. The van der Waals surface area contributed by atoms with Gasteiger partial charge in [0.15, 0.2) is 0 Å². The van der Waals surface area contributed by atoms with Crippen molar-refractivity contribution < 1.29 is 0 Å². The summed E-state index contributed by atoms with van der Waals surface area (Å²) in [7, 11) is 0. The lowest BCUT2D eigenvalue weighted by Crippen LogP contribution is -2.24. The molecule has 3 heterocycles. The topological polar surface area (TPSA) is 43.1 Å². The smallest absolute Gasteiger partial charge is 0.255 e. The van der Waals surface area contributed by atoms with E-state index in [2.05, 4.69) is 51.9 Å². The van der Waals surface area contributed by atoms with Crippen molar-refractivity contribution in [3.8, 4) is 16.8 Å². The molecule has 0 bridgehead atoms. The Labute approximate surface area is 182 Å². The van der Waals surface area contributed by atoms with Crippen LogP contribution in [0.2, 0.25) is 0 Å². The Balaban J connectivity index is 1.39. The molecule has 0 spiro atoms. The summed E-state index contributed by atoms with van der Waals surface area (Å²) in [6.45, 7) is 6.48. The largest absolute Gasteiger partial charge is 0.301 e. The fourth-order valence-electron chi connectivity index (χ4n) is 4.45. The van der Waals surface area contributed by atoms with E-state index in [1.54, 1.807) is 10.6 Å². The van der Waals surface area contributed by atoms with Crippen LogP contribution in [-0.2, 0) is 13.0 Å². The summed E-state index contributed by atoms with van der Waals surface area (Å²) in [4.78, 5) is 15.4. The molecule has 2 aromatic carbocycles. The molecule has 2 aromatic heterocycles. The van der Waals surface area contributed by atoms with Gasteiger partial charge in [-0.25, -0.2) is 0 Å². The van der Waals surface area contributed by atoms with Crippen LogP contribution >= 0.6 is 0 Å². The van der Waals surface area contributed by atoms with Gasteiger partial charge in [-0.15, -0.1) is 0 Å². The fourth-order valence-corrected chi connectivity index (χ4v) is 4.45. The molecule has 1 aliphatic heterocycles. The Morgan fingerprint density at radius 3 is 2.45 bits per heavy atom. The first-order valence-corrected chi connectivity index (χ1v) is 11.2. The first-order valence-electron chi connectivity index (χ1n) is 11.2. The minimum absolute atomic E-state index is 0.0298. The molecule has 0 N–H and O–H groups in total. The van der Waals surface area contributed by atoms with Crippen LogP contribution in [0.3, 0.4) is 0 Å². The van der Waals surface area contributed by atoms with Gasteiger partial charge >= 0.3 is 0 Å². The van der Waals surface area contributed by atoms with Gasteiger partial charge in [-0.3, -0.25) is 14.0 Å². The van der Waals surface area contributed by atoms with Gasteiger partial charge in [-0.2, -0.15) is 5.10 Å². The number of benzene rings is 2. The number of aromatic nitrogens is 3. The molecule has 1 saturated heterocycles. The summed E-state index contributed by atoms with van der Waals surface area (Å²) in [6, 6.07) is 18.3. The van der Waals surface area contributed by atoms with E-state index in [9.17, 15) is 4.79 Å². The molecular formula is C26H28N4O. The molecule has 0 unspecified atom stereocenters. The standard InChI is InChI=1S/C26H28N4O/c1-2-20-5-7-21(8-6-20)22-11-14-29(26(31)18-22)24-9-10-25-23(17-24)19-27-30(25)16-15-28-12-3-4-13-28/h5-11,14,17-19H,2-4,12-13,15-16H2,1H3. The van der Waals surface area contributed by atoms with Gasteiger partial charge in [0.1, 0.15) is 0 Å². The lowest BCUT2D eigenvalue weighted by Gasteiger charge is -2.14. The van der Waals surface area contributed by atoms with Crippen LogP contribution in [0.25, 0.3) is 27.7 Å². The highest BCUT2D eigenvalue weighted by Crippen LogP contribution is 2.21. The van der Waals surface area contributed by atoms with E-state index in [4.69, 9.17) is 0 Å². The first-order chi connectivity index (χ1) is 15.2. The van der Waals surface area contributed by atoms with Crippen LogP contribution in [-0.4, -0.2) is 38.9 Å². The Bertz CT molecular complexity index is 1250. The predicted octanol–water partition coefficient (Wildman–Crippen LogP) is 4.51. The maximum atomic E-state index is 12.9. The van der Waals surface area contributed by atoms with E-state index < -0.39 is 0 Å². The minimum Gasteiger partial charge on any atom is -0.301 e. The van der Waals surface area contributed by atoms with Crippen LogP contribution in [0.1, 0.15) is 25.3 Å². The summed E-state index contributed by atoms with van der Waals surface area (Å²) in [5, 5.41) is 5.64. The summed E-state index contributed by atoms with van der Waals surface area (Å²) in [5.74, 6) is 0. The quantitative estimate of drug-likeness (QED) is 0.468. The molecule has 4 aromatic rings. The molecule has 5 heteroatoms. The third-order valence-corrected chi connectivity index (χ3v) is 6.35. The molecule has 5 rings (SSSR count). The third-order valence-electron chi connectivity index (χ3n) is 6.35. The molecule has 5 nitrogen and oxygen atoms in total. The Kier molecular flexibility index (Phi) is 5.43. The average molecular weight is 413 g/mol. The van der Waals surface area contributed by atoms with Gasteiger partial charge in [-0.05, 0) is 73.3 Å². The van der Waals surface area contributed by atoms with Crippen molar-refractivity contribution in [1.29, 1.82) is 0 Å². The highest BCUT2D eigenvalue weighted by Gasteiger charge is 2.12. The third kappa shape index (κ3) is 4.06. The van der Waals surface area contributed by atoms with Gasteiger partial charge in [0.05, 0.1) is 18.3 Å². The van der Waals surface area contributed by atoms with Crippen molar-refractivity contribution in [3.63, 3.8) is 0 Å². The molecule has 0 aliphatic carbocycles. The van der Waals surface area contributed by atoms with Crippen molar-refractivity contribution in [2.45, 2.75) is 32.7 Å². The number of nitrogens with zero attached hydrogens (tertiary/aromatic N) is 4. The fraction of sp³-hybridized carbons (Fsp3) is 0.308. The van der Waals surface area contributed by atoms with Crippen LogP contribution in [0.4, 0.5) is 0 Å². The molecule has 0 atom stereocenters. The van der Waals surface area contributed by atoms with Crippen molar-refractivity contribution in [1.82, 2.24) is 19.2 Å². The Morgan fingerprint density at radius 1 is 0.903 bits per heavy atom. The predicted molar refractivity (Wildman–Crippen MR) is 126 cm³/mol. The summed E-state index contributed by atoms with van der Waals surface area (Å²) < 4.78 is 3.77. The highest BCUT2D eigenvalue weighted by molar-refractivity contribution is 5.81. The number of likely N-dealkylation sites (tertiary alicyclic amines) is 1. The molecule has 0 amide bonds. The number of hydrogen-bond donors (Lipinski definition) is 0. The maximum absolute atomic E-state index is 12.9. The molecular weight excluding hydrogens is 384 g/mol. The van der Waals surface area contributed by atoms with E-state index in [1.165, 1.54) is 31.5 Å². The van der Waals surface area contributed by atoms with Gasteiger partial charge in [0, 0.05) is 29.9 Å². The van der Waals surface area contributed by atoms with E-state index in [1.807, 2.05) is 30.6 Å². The van der Waals surface area contributed by atoms with E-state index in [0.29, 0.717) is 0 Å². The average Bonchev–Trinajstić information content (AvgIpc) is 3.47. The molecule has 0 saturated carbocycles. The molecule has 158 valence electrons. The Hall–Kier alpha value is -3.18. The van der Waals surface area contributed by atoms with Gasteiger partial charge in [0.25, 0.3) is 5.56 Å². The second kappa shape index (κ2) is 8.52. The molecule has 31 heavy (non-hydrogen) atoms. The zero-order valence-electron chi connectivity index (χ0n) is 18.0. The molecule has 1 aliphatic rings. The van der Waals surface area contributed by atoms with Crippen LogP contribution in [0, 0.1) is 0 Å². The van der Waals surface area contributed by atoms with E-state index in [-0.39, 0.29) is 5.56 Å². The number of fused-ring (bicyclic) bond motifs is 1. The number of aryl methyl sites for hydroxylation is 1. The van der Waals surface area contributed by atoms with Crippen molar-refractivity contribution in [3.05, 3.63) is 82.9 Å². The van der Waals surface area contributed by atoms with Crippen LogP contribution in [0.5, 0.6) is 0 Å². The molecule has 0 radical (unpaired) electrons. The number of hydrogen-bond acceptors (Lipinski definition) is 3. The van der Waals surface area contributed by atoms with Crippen molar-refractivity contribution in [2.24, 2.45) is 0 Å². The zero-order chi connectivity index (χ0) is 21.2. The van der Waals surface area contributed by atoms with Gasteiger partial charge in [-0.1, -0.05) is 31.2 Å². The number of rotatable bonds is 6. The van der Waals surface area contributed by atoms with Gasteiger partial charge in [0.2, 0.25) is 0 Å².